The van der Waals surface area contributed by atoms with Crippen LogP contribution in [0.4, 0.5) is 13.2 Å². The second kappa shape index (κ2) is 9.56. The lowest BCUT2D eigenvalue weighted by atomic mass is 10.1. The minimum atomic E-state index is -3.97. The number of halogens is 3. The van der Waals surface area contributed by atoms with Crippen LogP contribution in [0.3, 0.4) is 0 Å². The Hall–Kier alpha value is -2.59. The van der Waals surface area contributed by atoms with Crippen molar-refractivity contribution in [2.24, 2.45) is 0 Å². The highest BCUT2D eigenvalue weighted by Gasteiger charge is 2.21. The molecule has 0 heterocycles. The molecular weight excluding hydrogens is 397 g/mol. The first kappa shape index (κ1) is 21.7. The molecule has 0 radical (unpaired) electrons. The van der Waals surface area contributed by atoms with Gasteiger partial charge < -0.3 is 10.1 Å². The third kappa shape index (κ3) is 6.54. The van der Waals surface area contributed by atoms with E-state index in [1.165, 1.54) is 19.1 Å². The number of alkyl halides is 2. The summed E-state index contributed by atoms with van der Waals surface area (Å²) in [6.07, 6.45) is 0.415. The number of hydrogen-bond acceptors (Lipinski definition) is 4. The zero-order valence-electron chi connectivity index (χ0n) is 14.9. The molecule has 6 nitrogen and oxygen atoms in total. The molecule has 0 aliphatic carbocycles. The molecule has 0 bridgehead atoms. The lowest BCUT2D eigenvalue weighted by Crippen LogP contribution is -2.45. The third-order valence-electron chi connectivity index (χ3n) is 3.71. The lowest BCUT2D eigenvalue weighted by molar-refractivity contribution is -0.122. The standard InChI is InChI=1S/C18H19F3N2O4S/c1-12(23-28(25,26)16-8-4-14(19)5-9-16)17(24)22-11-10-13-2-6-15(7-3-13)27-18(20)21/h2-9,12,18,23H,10-11H2,1H3,(H,22,24)/t12-/m0/s1. The average molecular weight is 416 g/mol. The fourth-order valence-corrected chi connectivity index (χ4v) is 3.49. The molecule has 0 aromatic heterocycles. The molecule has 28 heavy (non-hydrogen) atoms. The summed E-state index contributed by atoms with van der Waals surface area (Å²) in [5, 5.41) is 2.58. The van der Waals surface area contributed by atoms with Gasteiger partial charge in [0.15, 0.2) is 0 Å². The Morgan fingerprint density at radius 1 is 1.07 bits per heavy atom. The highest BCUT2D eigenvalue weighted by atomic mass is 32.2. The third-order valence-corrected chi connectivity index (χ3v) is 5.27. The van der Waals surface area contributed by atoms with Crippen molar-refractivity contribution in [1.82, 2.24) is 10.0 Å². The van der Waals surface area contributed by atoms with E-state index >= 15 is 0 Å². The monoisotopic (exact) mass is 416 g/mol. The summed E-state index contributed by atoms with van der Waals surface area (Å²) in [5.41, 5.74) is 0.779. The average Bonchev–Trinajstić information content (AvgIpc) is 2.62. The Morgan fingerprint density at radius 2 is 1.68 bits per heavy atom. The number of benzene rings is 2. The van der Waals surface area contributed by atoms with Gasteiger partial charge in [0.05, 0.1) is 10.9 Å². The topological polar surface area (TPSA) is 84.5 Å². The maximum atomic E-state index is 12.9. The first-order valence-corrected chi connectivity index (χ1v) is 9.75. The fraction of sp³-hybridized carbons (Fsp3) is 0.278. The predicted octanol–water partition coefficient (Wildman–Crippen LogP) is 2.45. The van der Waals surface area contributed by atoms with Crippen LogP contribution in [0.2, 0.25) is 0 Å². The number of hydrogen-bond donors (Lipinski definition) is 2. The van der Waals surface area contributed by atoms with E-state index in [9.17, 15) is 26.4 Å². The van der Waals surface area contributed by atoms with E-state index < -0.39 is 34.4 Å². The second-order valence-corrected chi connectivity index (χ2v) is 7.57. The molecule has 152 valence electrons. The Morgan fingerprint density at radius 3 is 2.25 bits per heavy atom. The van der Waals surface area contributed by atoms with Crippen molar-refractivity contribution in [3.05, 3.63) is 59.9 Å². The maximum absolute atomic E-state index is 12.9. The van der Waals surface area contributed by atoms with Crippen LogP contribution in [0.25, 0.3) is 0 Å². The van der Waals surface area contributed by atoms with Gasteiger partial charge in [-0.25, -0.2) is 12.8 Å². The summed E-state index contributed by atoms with van der Waals surface area (Å²) in [5.74, 6) is -1.08. The number of ether oxygens (including phenoxy) is 1. The lowest BCUT2D eigenvalue weighted by Gasteiger charge is -2.14. The van der Waals surface area contributed by atoms with E-state index in [2.05, 4.69) is 14.8 Å². The first-order chi connectivity index (χ1) is 13.2. The van der Waals surface area contributed by atoms with Crippen LogP contribution in [0.5, 0.6) is 5.75 Å². The summed E-state index contributed by atoms with van der Waals surface area (Å²) in [6, 6.07) is 9.14. The number of carbonyl (C=O) groups excluding carboxylic acids is 1. The van der Waals surface area contributed by atoms with Gasteiger partial charge in [0.2, 0.25) is 15.9 Å². The van der Waals surface area contributed by atoms with Crippen molar-refractivity contribution in [3.63, 3.8) is 0 Å². The zero-order valence-corrected chi connectivity index (χ0v) is 15.7. The van der Waals surface area contributed by atoms with Crippen molar-refractivity contribution in [2.45, 2.75) is 30.9 Å². The van der Waals surface area contributed by atoms with E-state index in [-0.39, 0.29) is 17.2 Å². The van der Waals surface area contributed by atoms with Crippen molar-refractivity contribution < 1.29 is 31.1 Å². The van der Waals surface area contributed by atoms with Crippen molar-refractivity contribution in [3.8, 4) is 5.75 Å². The minimum Gasteiger partial charge on any atom is -0.435 e. The van der Waals surface area contributed by atoms with Crippen LogP contribution in [0, 0.1) is 5.82 Å². The predicted molar refractivity (Wildman–Crippen MR) is 96.0 cm³/mol. The van der Waals surface area contributed by atoms with Crippen LogP contribution in [-0.4, -0.2) is 33.5 Å². The van der Waals surface area contributed by atoms with Gasteiger partial charge in [0.1, 0.15) is 11.6 Å². The molecule has 0 spiro atoms. The quantitative estimate of drug-likeness (QED) is 0.658. The molecule has 1 atom stereocenters. The number of amides is 1. The summed E-state index contributed by atoms with van der Waals surface area (Å²) in [6.45, 7) is -1.30. The maximum Gasteiger partial charge on any atom is 0.387 e. The van der Waals surface area contributed by atoms with E-state index in [1.54, 1.807) is 12.1 Å². The Labute approximate surface area is 160 Å². The van der Waals surface area contributed by atoms with Gasteiger partial charge >= 0.3 is 6.61 Å². The van der Waals surface area contributed by atoms with Crippen LogP contribution >= 0.6 is 0 Å². The summed E-state index contributed by atoms with van der Waals surface area (Å²) < 4.78 is 67.9. The highest BCUT2D eigenvalue weighted by Crippen LogP contribution is 2.15. The van der Waals surface area contributed by atoms with Crippen LogP contribution in [0.15, 0.2) is 53.4 Å². The number of sulfonamides is 1. The van der Waals surface area contributed by atoms with Gasteiger partial charge in [-0.3, -0.25) is 4.79 Å². The van der Waals surface area contributed by atoms with Crippen molar-refractivity contribution >= 4 is 15.9 Å². The molecule has 0 saturated heterocycles. The molecule has 2 aromatic rings. The van der Waals surface area contributed by atoms with E-state index in [4.69, 9.17) is 0 Å². The van der Waals surface area contributed by atoms with Crippen LogP contribution in [-0.2, 0) is 21.2 Å². The summed E-state index contributed by atoms with van der Waals surface area (Å²) in [7, 11) is -3.97. The molecule has 2 aromatic carbocycles. The Balaban J connectivity index is 1.83. The molecule has 2 N–H and O–H groups in total. The van der Waals surface area contributed by atoms with E-state index in [1.807, 2.05) is 0 Å². The largest absolute Gasteiger partial charge is 0.435 e. The first-order valence-electron chi connectivity index (χ1n) is 8.27. The number of rotatable bonds is 9. The van der Waals surface area contributed by atoms with Gasteiger partial charge in [-0.2, -0.15) is 13.5 Å². The molecule has 0 aliphatic heterocycles. The van der Waals surface area contributed by atoms with Crippen molar-refractivity contribution in [2.75, 3.05) is 6.54 Å². The molecular formula is C18H19F3N2O4S. The van der Waals surface area contributed by atoms with Gasteiger partial charge in [-0.1, -0.05) is 12.1 Å². The smallest absolute Gasteiger partial charge is 0.387 e. The SMILES string of the molecule is C[C@H](NS(=O)(=O)c1ccc(F)cc1)C(=O)NCCc1ccc(OC(F)F)cc1. The van der Waals surface area contributed by atoms with Gasteiger partial charge in [0.25, 0.3) is 0 Å². The zero-order chi connectivity index (χ0) is 20.7. The van der Waals surface area contributed by atoms with Crippen LogP contribution in [0.1, 0.15) is 12.5 Å². The van der Waals surface area contributed by atoms with Crippen LogP contribution < -0.4 is 14.8 Å². The van der Waals surface area contributed by atoms with Gasteiger partial charge in [-0.15, -0.1) is 0 Å². The highest BCUT2D eigenvalue weighted by molar-refractivity contribution is 7.89. The fourth-order valence-electron chi connectivity index (χ4n) is 2.29. The van der Waals surface area contributed by atoms with E-state index in [0.717, 1.165) is 29.8 Å². The van der Waals surface area contributed by atoms with Crippen molar-refractivity contribution in [1.29, 1.82) is 0 Å². The minimum absolute atomic E-state index is 0.0339. The summed E-state index contributed by atoms with van der Waals surface area (Å²) in [4.78, 5) is 11.9. The summed E-state index contributed by atoms with van der Waals surface area (Å²) >= 11 is 0. The Bertz CT molecular complexity index is 888. The normalized spacial score (nSPS) is 12.6. The molecule has 0 unspecified atom stereocenters. The second-order valence-electron chi connectivity index (χ2n) is 5.86. The molecule has 0 saturated carbocycles. The van der Waals surface area contributed by atoms with Gasteiger partial charge in [0, 0.05) is 6.54 Å². The number of nitrogens with one attached hydrogen (secondary N) is 2. The molecule has 0 aliphatic rings. The molecule has 10 heteroatoms. The molecule has 2 rings (SSSR count). The molecule has 1 amide bonds. The van der Waals surface area contributed by atoms with Gasteiger partial charge in [-0.05, 0) is 55.3 Å². The number of carbonyl (C=O) groups is 1. The van der Waals surface area contributed by atoms with E-state index in [0.29, 0.717) is 6.42 Å². The Kier molecular flexibility index (Phi) is 7.41. The molecule has 0 fully saturated rings.